The lowest BCUT2D eigenvalue weighted by Gasteiger charge is -2.10. The number of benzene rings is 2. The van der Waals surface area contributed by atoms with Gasteiger partial charge in [0.2, 0.25) is 0 Å². The third-order valence-corrected chi connectivity index (χ3v) is 4.40. The highest BCUT2D eigenvalue weighted by atomic mass is 19.2. The summed E-state index contributed by atoms with van der Waals surface area (Å²) in [5.74, 6) is -1.65. The molecule has 0 unspecified atom stereocenters. The van der Waals surface area contributed by atoms with E-state index in [0.717, 1.165) is 25.0 Å². The summed E-state index contributed by atoms with van der Waals surface area (Å²) >= 11 is 0. The van der Waals surface area contributed by atoms with Gasteiger partial charge in [-0.2, -0.15) is 0 Å². The summed E-state index contributed by atoms with van der Waals surface area (Å²) in [6.07, 6.45) is 4.40. The Morgan fingerprint density at radius 2 is 1.36 bits per heavy atom. The Morgan fingerprint density at radius 3 is 1.88 bits per heavy atom. The van der Waals surface area contributed by atoms with Crippen molar-refractivity contribution in [2.45, 2.75) is 33.1 Å². The van der Waals surface area contributed by atoms with E-state index in [9.17, 15) is 8.78 Å². The summed E-state index contributed by atoms with van der Waals surface area (Å²) in [4.78, 5) is 4.33. The van der Waals surface area contributed by atoms with Crippen LogP contribution in [0.1, 0.15) is 31.5 Å². The fourth-order valence-corrected chi connectivity index (χ4v) is 2.90. The van der Waals surface area contributed by atoms with Gasteiger partial charge in [-0.25, -0.2) is 8.78 Å². The number of aromatic nitrogens is 1. The molecule has 3 rings (SSSR count). The zero-order valence-electron chi connectivity index (χ0n) is 14.5. The Balaban J connectivity index is 1.96. The molecular weight excluding hydrogens is 316 g/mol. The first-order valence-corrected chi connectivity index (χ1v) is 8.66. The van der Waals surface area contributed by atoms with Crippen LogP contribution in [0.4, 0.5) is 8.78 Å². The molecule has 0 N–H and O–H groups in total. The van der Waals surface area contributed by atoms with E-state index in [-0.39, 0.29) is 11.1 Å². The Kier molecular flexibility index (Phi) is 5.22. The molecular formula is C22H21F2N. The first-order chi connectivity index (χ1) is 12.1. The van der Waals surface area contributed by atoms with Gasteiger partial charge in [-0.3, -0.25) is 4.98 Å². The van der Waals surface area contributed by atoms with Crippen LogP contribution in [-0.4, -0.2) is 4.98 Å². The van der Waals surface area contributed by atoms with Crippen LogP contribution < -0.4 is 0 Å². The molecule has 3 aromatic rings. The predicted molar refractivity (Wildman–Crippen MR) is 98.4 cm³/mol. The number of rotatable bonds is 5. The molecule has 0 fully saturated rings. The van der Waals surface area contributed by atoms with E-state index >= 15 is 0 Å². The second kappa shape index (κ2) is 7.56. The Labute approximate surface area is 147 Å². The predicted octanol–water partition coefficient (Wildman–Crippen LogP) is 6.21. The molecule has 1 nitrogen and oxygen atoms in total. The van der Waals surface area contributed by atoms with Crippen LogP contribution in [0.25, 0.3) is 22.3 Å². The minimum atomic E-state index is -0.831. The minimum absolute atomic E-state index is 0.238. The van der Waals surface area contributed by atoms with E-state index in [4.69, 9.17) is 0 Å². The normalized spacial score (nSPS) is 10.9. The van der Waals surface area contributed by atoms with Crippen molar-refractivity contribution in [3.63, 3.8) is 0 Å². The molecule has 0 spiro atoms. The molecule has 1 heterocycles. The fraction of sp³-hybridized carbons (Fsp3) is 0.227. The average Bonchev–Trinajstić information content (AvgIpc) is 2.65. The third-order valence-electron chi connectivity index (χ3n) is 4.40. The molecule has 25 heavy (non-hydrogen) atoms. The van der Waals surface area contributed by atoms with Gasteiger partial charge in [0.15, 0.2) is 11.6 Å². The number of aryl methyl sites for hydroxylation is 2. The molecule has 0 atom stereocenters. The van der Waals surface area contributed by atoms with Crippen LogP contribution in [0.5, 0.6) is 0 Å². The van der Waals surface area contributed by atoms with Gasteiger partial charge in [0, 0.05) is 28.6 Å². The molecule has 1 aromatic heterocycles. The van der Waals surface area contributed by atoms with Gasteiger partial charge in [-0.05, 0) is 30.0 Å². The van der Waals surface area contributed by atoms with E-state index in [0.29, 0.717) is 11.1 Å². The first kappa shape index (κ1) is 17.3. The monoisotopic (exact) mass is 337 g/mol. The summed E-state index contributed by atoms with van der Waals surface area (Å²) in [5.41, 5.74) is 3.90. The zero-order chi connectivity index (χ0) is 17.8. The van der Waals surface area contributed by atoms with Crippen LogP contribution in [0.3, 0.4) is 0 Å². The van der Waals surface area contributed by atoms with Crippen molar-refractivity contribution in [2.75, 3.05) is 0 Å². The number of pyridine rings is 1. The van der Waals surface area contributed by atoms with Crippen molar-refractivity contribution < 1.29 is 8.78 Å². The number of hydrogen-bond donors (Lipinski definition) is 0. The molecule has 128 valence electrons. The molecule has 3 heteroatoms. The lowest BCUT2D eigenvalue weighted by molar-refractivity contribution is 0.514. The summed E-state index contributed by atoms with van der Waals surface area (Å²) in [5, 5.41) is 0. The van der Waals surface area contributed by atoms with Gasteiger partial charge in [0.05, 0.1) is 0 Å². The maximum atomic E-state index is 14.6. The number of nitrogens with zero attached hydrogens (tertiary/aromatic N) is 1. The lowest BCUT2D eigenvalue weighted by atomic mass is 9.98. The SMILES string of the molecule is CCCc1ccc(-c2ccc(-c3ccc(CC)cc3)c(F)c2F)cn1. The Bertz CT molecular complexity index is 852. The molecule has 0 radical (unpaired) electrons. The second-order valence-corrected chi connectivity index (χ2v) is 6.13. The van der Waals surface area contributed by atoms with Crippen LogP contribution in [0.15, 0.2) is 54.7 Å². The van der Waals surface area contributed by atoms with E-state index < -0.39 is 11.6 Å². The van der Waals surface area contributed by atoms with Gasteiger partial charge in [0.25, 0.3) is 0 Å². The van der Waals surface area contributed by atoms with Crippen LogP contribution in [0, 0.1) is 11.6 Å². The van der Waals surface area contributed by atoms with E-state index in [1.165, 1.54) is 5.56 Å². The van der Waals surface area contributed by atoms with Gasteiger partial charge in [0.1, 0.15) is 0 Å². The summed E-state index contributed by atoms with van der Waals surface area (Å²) < 4.78 is 29.2. The third kappa shape index (κ3) is 3.60. The van der Waals surface area contributed by atoms with Gasteiger partial charge >= 0.3 is 0 Å². The molecule has 0 saturated heterocycles. The van der Waals surface area contributed by atoms with E-state index in [2.05, 4.69) is 18.8 Å². The highest BCUT2D eigenvalue weighted by Crippen LogP contribution is 2.31. The van der Waals surface area contributed by atoms with Crippen molar-refractivity contribution in [2.24, 2.45) is 0 Å². The Hall–Kier alpha value is -2.55. The molecule has 0 aliphatic carbocycles. The topological polar surface area (TPSA) is 12.9 Å². The minimum Gasteiger partial charge on any atom is -0.261 e. The number of hydrogen-bond acceptors (Lipinski definition) is 1. The lowest BCUT2D eigenvalue weighted by Crippen LogP contribution is -1.95. The first-order valence-electron chi connectivity index (χ1n) is 8.66. The van der Waals surface area contributed by atoms with Gasteiger partial charge in [-0.1, -0.05) is 62.7 Å². The molecule has 0 aliphatic rings. The fourth-order valence-electron chi connectivity index (χ4n) is 2.90. The van der Waals surface area contributed by atoms with Crippen molar-refractivity contribution in [3.8, 4) is 22.3 Å². The summed E-state index contributed by atoms with van der Waals surface area (Å²) in [6.45, 7) is 4.14. The van der Waals surface area contributed by atoms with Crippen molar-refractivity contribution in [1.29, 1.82) is 0 Å². The maximum Gasteiger partial charge on any atom is 0.167 e. The van der Waals surface area contributed by atoms with Crippen LogP contribution in [-0.2, 0) is 12.8 Å². The molecule has 0 amide bonds. The van der Waals surface area contributed by atoms with Gasteiger partial charge < -0.3 is 0 Å². The Morgan fingerprint density at radius 1 is 0.760 bits per heavy atom. The molecule has 0 saturated carbocycles. The quantitative estimate of drug-likeness (QED) is 0.539. The van der Waals surface area contributed by atoms with Crippen LogP contribution >= 0.6 is 0 Å². The van der Waals surface area contributed by atoms with E-state index in [1.54, 1.807) is 24.4 Å². The second-order valence-electron chi connectivity index (χ2n) is 6.13. The smallest absolute Gasteiger partial charge is 0.167 e. The number of halogens is 2. The van der Waals surface area contributed by atoms with E-state index in [1.807, 2.05) is 30.3 Å². The van der Waals surface area contributed by atoms with Gasteiger partial charge in [-0.15, -0.1) is 0 Å². The molecule has 0 bridgehead atoms. The summed E-state index contributed by atoms with van der Waals surface area (Å²) in [7, 11) is 0. The van der Waals surface area contributed by atoms with Crippen molar-refractivity contribution in [1.82, 2.24) is 4.98 Å². The molecule has 2 aromatic carbocycles. The standard InChI is InChI=1S/C22H21F2N/c1-3-5-18-11-10-17(14-25-18)20-13-12-19(21(23)22(20)24)16-8-6-15(4-2)7-9-16/h6-14H,3-5H2,1-2H3. The highest BCUT2D eigenvalue weighted by Gasteiger charge is 2.16. The van der Waals surface area contributed by atoms with Crippen molar-refractivity contribution in [3.05, 3.63) is 77.6 Å². The highest BCUT2D eigenvalue weighted by molar-refractivity contribution is 5.71. The molecule has 0 aliphatic heterocycles. The largest absolute Gasteiger partial charge is 0.261 e. The zero-order valence-corrected chi connectivity index (χ0v) is 14.5. The maximum absolute atomic E-state index is 14.6. The average molecular weight is 337 g/mol. The van der Waals surface area contributed by atoms with Crippen LogP contribution in [0.2, 0.25) is 0 Å². The summed E-state index contributed by atoms with van der Waals surface area (Å²) in [6, 6.07) is 14.5. The van der Waals surface area contributed by atoms with Crippen molar-refractivity contribution >= 4 is 0 Å².